The first-order valence-corrected chi connectivity index (χ1v) is 7.00. The van der Waals surface area contributed by atoms with Crippen LogP contribution in [0.5, 0.6) is 0 Å². The Kier molecular flexibility index (Phi) is 3.42. The molecule has 4 heteroatoms. The van der Waals surface area contributed by atoms with Crippen molar-refractivity contribution in [2.45, 2.75) is 31.3 Å². The largest absolute Gasteiger partial charge is 0.393 e. The molecule has 3 N–H and O–H groups in total. The molecule has 1 fully saturated rings. The van der Waals surface area contributed by atoms with Crippen LogP contribution >= 0.6 is 0 Å². The summed E-state index contributed by atoms with van der Waals surface area (Å²) in [6.45, 7) is 1.55. The van der Waals surface area contributed by atoms with Gasteiger partial charge in [-0.3, -0.25) is 4.79 Å². The van der Waals surface area contributed by atoms with E-state index in [1.54, 1.807) is 0 Å². The number of hydrogen-bond acceptors (Lipinski definition) is 3. The smallest absolute Gasteiger partial charge is 0.220 e. The fourth-order valence-corrected chi connectivity index (χ4v) is 2.96. The number of nitrogens with one attached hydrogen (secondary N) is 2. The molecule has 1 aliphatic carbocycles. The van der Waals surface area contributed by atoms with Crippen molar-refractivity contribution in [1.82, 2.24) is 5.32 Å². The molecule has 1 aliphatic heterocycles. The average Bonchev–Trinajstić information content (AvgIpc) is 2.77. The lowest BCUT2D eigenvalue weighted by Crippen LogP contribution is -2.38. The van der Waals surface area contributed by atoms with E-state index < -0.39 is 0 Å². The van der Waals surface area contributed by atoms with Gasteiger partial charge in [-0.05, 0) is 30.4 Å². The molecule has 0 spiro atoms. The first-order valence-electron chi connectivity index (χ1n) is 7.00. The van der Waals surface area contributed by atoms with Crippen LogP contribution in [0.15, 0.2) is 24.3 Å². The number of fused-ring (bicyclic) bond motifs is 1. The van der Waals surface area contributed by atoms with Crippen molar-refractivity contribution in [3.63, 3.8) is 0 Å². The van der Waals surface area contributed by atoms with Crippen LogP contribution in [0, 0.1) is 5.92 Å². The Morgan fingerprint density at radius 2 is 2.16 bits per heavy atom. The molecule has 102 valence electrons. The van der Waals surface area contributed by atoms with Gasteiger partial charge in [0.2, 0.25) is 5.91 Å². The normalized spacial score (nSPS) is 28.2. The summed E-state index contributed by atoms with van der Waals surface area (Å²) in [4.78, 5) is 11.9. The molecule has 1 unspecified atom stereocenters. The van der Waals surface area contributed by atoms with E-state index in [0.717, 1.165) is 25.1 Å². The number of hydrogen-bond donors (Lipinski definition) is 3. The summed E-state index contributed by atoms with van der Waals surface area (Å²) in [7, 11) is 0. The Balaban J connectivity index is 1.48. The lowest BCUT2D eigenvalue weighted by Gasteiger charge is -2.31. The number of aliphatic hydroxyl groups is 1. The molecular weight excluding hydrogens is 240 g/mol. The summed E-state index contributed by atoms with van der Waals surface area (Å²) in [5.74, 6) is 0.862. The highest BCUT2D eigenvalue weighted by Gasteiger charge is 2.28. The molecule has 0 saturated heterocycles. The van der Waals surface area contributed by atoms with E-state index in [1.165, 1.54) is 5.56 Å². The number of carbonyl (C=O) groups is 1. The van der Waals surface area contributed by atoms with Crippen LogP contribution in [-0.2, 0) is 4.79 Å². The van der Waals surface area contributed by atoms with Crippen LogP contribution in [0.25, 0.3) is 0 Å². The lowest BCUT2D eigenvalue weighted by molar-refractivity contribution is -0.122. The number of benzene rings is 1. The Bertz CT molecular complexity index is 469. The van der Waals surface area contributed by atoms with Crippen molar-refractivity contribution < 1.29 is 9.90 Å². The Hall–Kier alpha value is -1.55. The molecule has 4 nitrogen and oxygen atoms in total. The fourth-order valence-electron chi connectivity index (χ4n) is 2.96. The molecule has 1 aromatic rings. The van der Waals surface area contributed by atoms with Gasteiger partial charge in [-0.2, -0.15) is 0 Å². The van der Waals surface area contributed by atoms with Crippen LogP contribution in [0.2, 0.25) is 0 Å². The van der Waals surface area contributed by atoms with Gasteiger partial charge in [-0.25, -0.2) is 0 Å². The molecule has 0 aromatic heterocycles. The van der Waals surface area contributed by atoms with Gasteiger partial charge < -0.3 is 15.7 Å². The highest BCUT2D eigenvalue weighted by atomic mass is 16.3. The molecule has 1 saturated carbocycles. The maximum absolute atomic E-state index is 11.9. The van der Waals surface area contributed by atoms with Gasteiger partial charge in [0.15, 0.2) is 0 Å². The average molecular weight is 260 g/mol. The SMILES string of the molecule is O=C(CC1CNc2ccccc21)NCC1CC(O)C1. The van der Waals surface area contributed by atoms with E-state index in [2.05, 4.69) is 22.8 Å². The highest BCUT2D eigenvalue weighted by molar-refractivity contribution is 5.78. The first kappa shape index (κ1) is 12.5. The number of amides is 1. The predicted molar refractivity (Wildman–Crippen MR) is 74.0 cm³/mol. The summed E-state index contributed by atoms with van der Waals surface area (Å²) in [5, 5.41) is 15.5. The van der Waals surface area contributed by atoms with Gasteiger partial charge in [0.1, 0.15) is 0 Å². The van der Waals surface area contributed by atoms with E-state index in [-0.39, 0.29) is 17.9 Å². The quantitative estimate of drug-likeness (QED) is 0.768. The topological polar surface area (TPSA) is 61.4 Å². The molecule has 19 heavy (non-hydrogen) atoms. The summed E-state index contributed by atoms with van der Waals surface area (Å²) in [5.41, 5.74) is 2.40. The molecule has 3 rings (SSSR count). The van der Waals surface area contributed by atoms with E-state index >= 15 is 0 Å². The molecule has 0 bridgehead atoms. The predicted octanol–water partition coefficient (Wildman–Crippen LogP) is 1.47. The lowest BCUT2D eigenvalue weighted by atomic mass is 9.82. The third-order valence-corrected chi connectivity index (χ3v) is 4.17. The van der Waals surface area contributed by atoms with Gasteiger partial charge in [0, 0.05) is 31.1 Å². The Morgan fingerprint density at radius 3 is 2.95 bits per heavy atom. The third kappa shape index (κ3) is 2.73. The standard InChI is InChI=1S/C15H20N2O2/c18-12-5-10(6-12)8-17-15(19)7-11-9-16-14-4-2-1-3-13(11)14/h1-4,10-12,16,18H,5-9H2,(H,17,19). The molecule has 1 atom stereocenters. The van der Waals surface area contributed by atoms with Gasteiger partial charge in [-0.1, -0.05) is 18.2 Å². The first-order chi connectivity index (χ1) is 9.22. The number of para-hydroxylation sites is 1. The van der Waals surface area contributed by atoms with Gasteiger partial charge >= 0.3 is 0 Å². The third-order valence-electron chi connectivity index (χ3n) is 4.17. The van der Waals surface area contributed by atoms with Crippen molar-refractivity contribution in [2.24, 2.45) is 5.92 Å². The van der Waals surface area contributed by atoms with Gasteiger partial charge in [0.25, 0.3) is 0 Å². The van der Waals surface area contributed by atoms with Crippen molar-refractivity contribution in [3.8, 4) is 0 Å². The highest BCUT2D eigenvalue weighted by Crippen LogP contribution is 2.33. The Morgan fingerprint density at radius 1 is 1.37 bits per heavy atom. The van der Waals surface area contributed by atoms with Gasteiger partial charge in [0.05, 0.1) is 6.10 Å². The van der Waals surface area contributed by atoms with Crippen LogP contribution in [-0.4, -0.2) is 30.2 Å². The van der Waals surface area contributed by atoms with Crippen LogP contribution in [0.1, 0.15) is 30.7 Å². The van der Waals surface area contributed by atoms with Crippen LogP contribution in [0.3, 0.4) is 0 Å². The van der Waals surface area contributed by atoms with Crippen molar-refractivity contribution in [1.29, 1.82) is 0 Å². The summed E-state index contributed by atoms with van der Waals surface area (Å²) >= 11 is 0. The minimum absolute atomic E-state index is 0.116. The molecule has 1 amide bonds. The monoisotopic (exact) mass is 260 g/mol. The van der Waals surface area contributed by atoms with E-state index in [1.807, 2.05) is 12.1 Å². The van der Waals surface area contributed by atoms with Crippen molar-refractivity contribution >= 4 is 11.6 Å². The van der Waals surface area contributed by atoms with E-state index in [9.17, 15) is 9.90 Å². The zero-order valence-electron chi connectivity index (χ0n) is 10.9. The van der Waals surface area contributed by atoms with E-state index in [0.29, 0.717) is 18.9 Å². The summed E-state index contributed by atoms with van der Waals surface area (Å²) in [6.07, 6.45) is 2.05. The number of aliphatic hydroxyl groups excluding tert-OH is 1. The van der Waals surface area contributed by atoms with Gasteiger partial charge in [-0.15, -0.1) is 0 Å². The second-order valence-corrected chi connectivity index (χ2v) is 5.66. The summed E-state index contributed by atoms with van der Waals surface area (Å²) in [6, 6.07) is 8.18. The Labute approximate surface area is 113 Å². The van der Waals surface area contributed by atoms with Crippen LogP contribution < -0.4 is 10.6 Å². The molecule has 1 heterocycles. The maximum atomic E-state index is 11.9. The molecule has 0 radical (unpaired) electrons. The van der Waals surface area contributed by atoms with Crippen molar-refractivity contribution in [3.05, 3.63) is 29.8 Å². The number of carbonyl (C=O) groups excluding carboxylic acids is 1. The molecular formula is C15H20N2O2. The minimum Gasteiger partial charge on any atom is -0.393 e. The maximum Gasteiger partial charge on any atom is 0.220 e. The second-order valence-electron chi connectivity index (χ2n) is 5.66. The van der Waals surface area contributed by atoms with Crippen LogP contribution in [0.4, 0.5) is 5.69 Å². The van der Waals surface area contributed by atoms with Crippen molar-refractivity contribution in [2.75, 3.05) is 18.4 Å². The summed E-state index contributed by atoms with van der Waals surface area (Å²) < 4.78 is 0. The minimum atomic E-state index is -0.146. The molecule has 2 aliphatic rings. The number of rotatable bonds is 4. The second kappa shape index (κ2) is 5.21. The number of anilines is 1. The fraction of sp³-hybridized carbons (Fsp3) is 0.533. The zero-order valence-corrected chi connectivity index (χ0v) is 10.9. The zero-order chi connectivity index (χ0) is 13.2. The van der Waals surface area contributed by atoms with E-state index in [4.69, 9.17) is 0 Å². The molecule has 1 aromatic carbocycles.